The Balaban J connectivity index is 2.16. The van der Waals surface area contributed by atoms with Crippen molar-refractivity contribution in [2.45, 2.75) is 19.9 Å². The first-order valence-corrected chi connectivity index (χ1v) is 6.70. The summed E-state index contributed by atoms with van der Waals surface area (Å²) < 4.78 is 5.65. The van der Waals surface area contributed by atoms with E-state index in [4.69, 9.17) is 10.5 Å². The van der Waals surface area contributed by atoms with Crippen LogP contribution < -0.4 is 10.5 Å². The van der Waals surface area contributed by atoms with Gasteiger partial charge in [-0.1, -0.05) is 0 Å². The van der Waals surface area contributed by atoms with Crippen LogP contribution in [-0.2, 0) is 13.0 Å². The molecule has 3 rings (SSSR count). The first-order chi connectivity index (χ1) is 8.29. The van der Waals surface area contributed by atoms with Crippen LogP contribution in [-0.4, -0.2) is 6.61 Å². The summed E-state index contributed by atoms with van der Waals surface area (Å²) in [7, 11) is 0. The number of rotatable bonds is 2. The van der Waals surface area contributed by atoms with Gasteiger partial charge in [-0.25, -0.2) is 0 Å². The Morgan fingerprint density at radius 2 is 2.29 bits per heavy atom. The van der Waals surface area contributed by atoms with E-state index in [0.29, 0.717) is 6.54 Å². The summed E-state index contributed by atoms with van der Waals surface area (Å²) in [5, 5.41) is 2.14. The lowest BCUT2D eigenvalue weighted by Crippen LogP contribution is -2.00. The summed E-state index contributed by atoms with van der Waals surface area (Å²) in [5.74, 6) is 1.02. The van der Waals surface area contributed by atoms with Gasteiger partial charge in [0, 0.05) is 23.4 Å². The van der Waals surface area contributed by atoms with Crippen molar-refractivity contribution in [2.24, 2.45) is 5.73 Å². The minimum atomic E-state index is 0.541. The number of fused-ring (bicyclic) bond motifs is 1. The fourth-order valence-electron chi connectivity index (χ4n) is 2.38. The van der Waals surface area contributed by atoms with Crippen molar-refractivity contribution >= 4 is 11.3 Å². The Labute approximate surface area is 105 Å². The van der Waals surface area contributed by atoms with E-state index in [1.807, 2.05) is 0 Å². The average molecular weight is 245 g/mol. The lowest BCUT2D eigenvalue weighted by molar-refractivity contribution is 0.353. The Morgan fingerprint density at radius 1 is 1.41 bits per heavy atom. The van der Waals surface area contributed by atoms with Gasteiger partial charge < -0.3 is 10.5 Å². The van der Waals surface area contributed by atoms with Crippen LogP contribution in [0.1, 0.15) is 16.0 Å². The van der Waals surface area contributed by atoms with E-state index >= 15 is 0 Å². The topological polar surface area (TPSA) is 35.2 Å². The van der Waals surface area contributed by atoms with E-state index in [2.05, 4.69) is 30.5 Å². The summed E-state index contributed by atoms with van der Waals surface area (Å²) in [6.07, 6.45) is 0.999. The summed E-state index contributed by atoms with van der Waals surface area (Å²) in [5.41, 5.74) is 10.8. The number of ether oxygens (including phenoxy) is 1. The quantitative estimate of drug-likeness (QED) is 0.882. The smallest absolute Gasteiger partial charge is 0.127 e. The maximum atomic E-state index is 5.81. The van der Waals surface area contributed by atoms with Crippen molar-refractivity contribution in [3.05, 3.63) is 39.6 Å². The zero-order chi connectivity index (χ0) is 11.8. The lowest BCUT2D eigenvalue weighted by Gasteiger charge is -2.09. The van der Waals surface area contributed by atoms with Gasteiger partial charge in [0.15, 0.2) is 0 Å². The van der Waals surface area contributed by atoms with Gasteiger partial charge in [-0.3, -0.25) is 0 Å². The summed E-state index contributed by atoms with van der Waals surface area (Å²) >= 11 is 1.78. The highest BCUT2D eigenvalue weighted by Crippen LogP contribution is 2.36. The van der Waals surface area contributed by atoms with Crippen molar-refractivity contribution < 1.29 is 4.74 Å². The molecule has 0 aliphatic carbocycles. The molecule has 2 heterocycles. The fourth-order valence-corrected chi connectivity index (χ4v) is 3.10. The number of aryl methyl sites for hydroxylation is 1. The average Bonchev–Trinajstić information content (AvgIpc) is 2.95. The molecule has 1 aliphatic rings. The van der Waals surface area contributed by atoms with E-state index in [-0.39, 0.29) is 0 Å². The molecule has 0 spiro atoms. The summed E-state index contributed by atoms with van der Waals surface area (Å²) in [6, 6.07) is 6.59. The molecule has 0 amide bonds. The Morgan fingerprint density at radius 3 is 3.00 bits per heavy atom. The first kappa shape index (κ1) is 10.8. The maximum Gasteiger partial charge on any atom is 0.127 e. The van der Waals surface area contributed by atoms with Gasteiger partial charge in [-0.05, 0) is 47.2 Å². The fraction of sp³-hybridized carbons (Fsp3) is 0.286. The van der Waals surface area contributed by atoms with Crippen LogP contribution in [0.3, 0.4) is 0 Å². The second-order valence-corrected chi connectivity index (χ2v) is 5.44. The van der Waals surface area contributed by atoms with Crippen LogP contribution in [0, 0.1) is 6.92 Å². The molecule has 2 aromatic rings. The molecule has 1 aromatic carbocycles. The highest BCUT2D eigenvalue weighted by Gasteiger charge is 2.18. The number of nitrogens with two attached hydrogens (primary N) is 1. The molecule has 0 atom stereocenters. The molecular weight excluding hydrogens is 230 g/mol. The normalized spacial score (nSPS) is 13.5. The number of thiophene rings is 1. The molecule has 0 fully saturated rings. The molecule has 0 bridgehead atoms. The molecule has 0 unspecified atom stereocenters. The number of hydrogen-bond donors (Lipinski definition) is 1. The minimum Gasteiger partial charge on any atom is -0.493 e. The van der Waals surface area contributed by atoms with Gasteiger partial charge in [0.1, 0.15) is 5.75 Å². The second-order valence-electron chi connectivity index (χ2n) is 4.32. The van der Waals surface area contributed by atoms with Crippen LogP contribution in [0.2, 0.25) is 0 Å². The molecule has 1 aromatic heterocycles. The molecule has 0 radical (unpaired) electrons. The summed E-state index contributed by atoms with van der Waals surface area (Å²) in [6.45, 7) is 3.49. The van der Waals surface area contributed by atoms with Gasteiger partial charge in [0.25, 0.3) is 0 Å². The molecule has 0 saturated carbocycles. The van der Waals surface area contributed by atoms with Crippen molar-refractivity contribution in [3.8, 4) is 16.9 Å². The molecule has 17 heavy (non-hydrogen) atoms. The molecule has 2 nitrogen and oxygen atoms in total. The van der Waals surface area contributed by atoms with E-state index in [0.717, 1.165) is 24.3 Å². The van der Waals surface area contributed by atoms with Crippen molar-refractivity contribution in [1.82, 2.24) is 0 Å². The molecular formula is C14H15NOS. The number of hydrogen-bond acceptors (Lipinski definition) is 3. The Hall–Kier alpha value is -1.32. The highest BCUT2D eigenvalue weighted by atomic mass is 32.1. The SMILES string of the molecule is Cc1sccc1-c1cc(CN)c2c(c1)CCO2. The van der Waals surface area contributed by atoms with Crippen LogP contribution in [0.15, 0.2) is 23.6 Å². The Bertz CT molecular complexity index is 559. The predicted molar refractivity (Wildman–Crippen MR) is 71.6 cm³/mol. The zero-order valence-electron chi connectivity index (χ0n) is 9.82. The van der Waals surface area contributed by atoms with Gasteiger partial charge >= 0.3 is 0 Å². The molecule has 2 N–H and O–H groups in total. The summed E-state index contributed by atoms with van der Waals surface area (Å²) in [4.78, 5) is 1.35. The molecule has 1 aliphatic heterocycles. The zero-order valence-corrected chi connectivity index (χ0v) is 10.6. The predicted octanol–water partition coefficient (Wildman–Crippen LogP) is 3.12. The second kappa shape index (κ2) is 4.17. The first-order valence-electron chi connectivity index (χ1n) is 5.82. The van der Waals surface area contributed by atoms with Crippen LogP contribution >= 0.6 is 11.3 Å². The maximum absolute atomic E-state index is 5.81. The minimum absolute atomic E-state index is 0.541. The third kappa shape index (κ3) is 1.75. The van der Waals surface area contributed by atoms with Crippen molar-refractivity contribution in [1.29, 1.82) is 0 Å². The number of benzene rings is 1. The monoisotopic (exact) mass is 245 g/mol. The largest absolute Gasteiger partial charge is 0.493 e. The van der Waals surface area contributed by atoms with Gasteiger partial charge in [0.2, 0.25) is 0 Å². The van der Waals surface area contributed by atoms with E-state index in [1.165, 1.54) is 21.6 Å². The lowest BCUT2D eigenvalue weighted by atomic mass is 9.99. The molecule has 3 heteroatoms. The highest BCUT2D eigenvalue weighted by molar-refractivity contribution is 7.10. The third-order valence-electron chi connectivity index (χ3n) is 3.25. The van der Waals surface area contributed by atoms with Gasteiger partial charge in [-0.15, -0.1) is 11.3 Å². The van der Waals surface area contributed by atoms with Crippen molar-refractivity contribution in [2.75, 3.05) is 6.61 Å². The van der Waals surface area contributed by atoms with Gasteiger partial charge in [-0.2, -0.15) is 0 Å². The van der Waals surface area contributed by atoms with Crippen molar-refractivity contribution in [3.63, 3.8) is 0 Å². The van der Waals surface area contributed by atoms with E-state index in [9.17, 15) is 0 Å². The van der Waals surface area contributed by atoms with Crippen LogP contribution in [0.25, 0.3) is 11.1 Å². The van der Waals surface area contributed by atoms with Crippen LogP contribution in [0.5, 0.6) is 5.75 Å². The van der Waals surface area contributed by atoms with E-state index in [1.54, 1.807) is 11.3 Å². The van der Waals surface area contributed by atoms with E-state index < -0.39 is 0 Å². The Kier molecular flexibility index (Phi) is 2.65. The molecule has 0 saturated heterocycles. The third-order valence-corrected chi connectivity index (χ3v) is 4.10. The standard InChI is InChI=1S/C14H15NOS/c1-9-13(3-5-17-9)11-6-10-2-4-16-14(10)12(7-11)8-15/h3,5-7H,2,4,8,15H2,1H3. The van der Waals surface area contributed by atoms with Crippen LogP contribution in [0.4, 0.5) is 0 Å². The van der Waals surface area contributed by atoms with Gasteiger partial charge in [0.05, 0.1) is 6.61 Å². The molecule has 88 valence electrons.